The lowest BCUT2D eigenvalue weighted by Crippen LogP contribution is -2.58. The summed E-state index contributed by atoms with van der Waals surface area (Å²) in [6.45, 7) is 3.16. The summed E-state index contributed by atoms with van der Waals surface area (Å²) in [5.74, 6) is 0. The van der Waals surface area contributed by atoms with Crippen LogP contribution in [0, 0.1) is 0 Å². The Kier molecular flexibility index (Phi) is 6.26. The highest BCUT2D eigenvalue weighted by molar-refractivity contribution is 14.1. The smallest absolute Gasteiger partial charge is 0.252 e. The molecule has 0 amide bonds. The molecule has 0 spiro atoms. The predicted molar refractivity (Wildman–Crippen MR) is 97.8 cm³/mol. The maximum Gasteiger partial charge on any atom is 0.252 e. The molecule has 0 unspecified atom stereocenters. The van der Waals surface area contributed by atoms with E-state index in [2.05, 4.69) is 89.8 Å². The monoisotopic (exact) mass is 396 g/mol. The lowest BCUT2D eigenvalue weighted by Gasteiger charge is -2.28. The lowest BCUT2D eigenvalue weighted by molar-refractivity contribution is 0.312. The third kappa shape index (κ3) is 3.93. The molecule has 0 aliphatic rings. The highest BCUT2D eigenvalue weighted by Gasteiger charge is 2.33. The van der Waals surface area contributed by atoms with E-state index in [4.69, 9.17) is 4.43 Å². The fraction of sp³-hybridized carbons (Fsp3) is 0.294. The molecular weight excluding hydrogens is 375 g/mol. The van der Waals surface area contributed by atoms with Gasteiger partial charge in [-0.1, -0.05) is 83.3 Å². The molecule has 0 aliphatic carbocycles. The molecule has 0 atom stereocenters. The van der Waals surface area contributed by atoms with Crippen LogP contribution < -0.4 is 10.4 Å². The van der Waals surface area contributed by atoms with Crippen LogP contribution in [0.5, 0.6) is 0 Å². The van der Waals surface area contributed by atoms with Crippen molar-refractivity contribution in [3.63, 3.8) is 0 Å². The Hall–Kier alpha value is -0.653. The summed E-state index contributed by atoms with van der Waals surface area (Å²) in [5.41, 5.74) is 0. The largest absolute Gasteiger partial charge is 0.408 e. The van der Waals surface area contributed by atoms with Crippen LogP contribution in [0.15, 0.2) is 60.7 Å². The van der Waals surface area contributed by atoms with Crippen molar-refractivity contribution in [2.24, 2.45) is 0 Å². The molecule has 2 rings (SSSR count). The summed E-state index contributed by atoms with van der Waals surface area (Å²) >= 11 is 2.43. The summed E-state index contributed by atoms with van der Waals surface area (Å²) < 4.78 is 7.64. The SMILES string of the molecule is C[Si](OCCCCI)(c1ccccc1)c1ccccc1. The van der Waals surface area contributed by atoms with Crippen LogP contribution in [0.1, 0.15) is 12.8 Å². The summed E-state index contributed by atoms with van der Waals surface area (Å²) in [4.78, 5) is 0. The van der Waals surface area contributed by atoms with Crippen LogP contribution in [0.25, 0.3) is 0 Å². The van der Waals surface area contributed by atoms with Gasteiger partial charge in [-0.3, -0.25) is 0 Å². The van der Waals surface area contributed by atoms with E-state index in [0.29, 0.717) is 0 Å². The van der Waals surface area contributed by atoms with E-state index in [-0.39, 0.29) is 0 Å². The minimum Gasteiger partial charge on any atom is -0.408 e. The first kappa shape index (κ1) is 15.7. The molecule has 1 nitrogen and oxygen atoms in total. The van der Waals surface area contributed by atoms with Gasteiger partial charge in [0.2, 0.25) is 0 Å². The van der Waals surface area contributed by atoms with Crippen LogP contribution in [0.4, 0.5) is 0 Å². The van der Waals surface area contributed by atoms with Crippen molar-refractivity contribution >= 4 is 41.3 Å². The van der Waals surface area contributed by atoms with Gasteiger partial charge in [-0.05, 0) is 34.2 Å². The average Bonchev–Trinajstić information content (AvgIpc) is 2.53. The number of rotatable bonds is 7. The molecule has 3 heteroatoms. The maximum absolute atomic E-state index is 6.44. The first-order chi connectivity index (χ1) is 9.77. The fourth-order valence-electron chi connectivity index (χ4n) is 2.32. The molecule has 2 aromatic carbocycles. The van der Waals surface area contributed by atoms with Crippen molar-refractivity contribution in [2.45, 2.75) is 19.4 Å². The van der Waals surface area contributed by atoms with Crippen molar-refractivity contribution in [1.29, 1.82) is 0 Å². The van der Waals surface area contributed by atoms with Crippen LogP contribution in [0.2, 0.25) is 6.55 Å². The van der Waals surface area contributed by atoms with Gasteiger partial charge in [0.05, 0.1) is 0 Å². The molecule has 0 saturated heterocycles. The topological polar surface area (TPSA) is 9.23 Å². The molecule has 0 saturated carbocycles. The van der Waals surface area contributed by atoms with Crippen LogP contribution >= 0.6 is 22.6 Å². The fourth-order valence-corrected chi connectivity index (χ4v) is 5.73. The van der Waals surface area contributed by atoms with Crippen LogP contribution in [0.3, 0.4) is 0 Å². The van der Waals surface area contributed by atoms with Crippen molar-refractivity contribution in [3.05, 3.63) is 60.7 Å². The van der Waals surface area contributed by atoms with Gasteiger partial charge in [0.15, 0.2) is 0 Å². The number of alkyl halides is 1. The van der Waals surface area contributed by atoms with Crippen LogP contribution in [-0.4, -0.2) is 19.4 Å². The molecular formula is C17H21IOSi. The third-order valence-electron chi connectivity index (χ3n) is 3.57. The summed E-state index contributed by atoms with van der Waals surface area (Å²) in [6, 6.07) is 21.4. The normalized spacial score (nSPS) is 11.5. The maximum atomic E-state index is 6.44. The Labute approximate surface area is 136 Å². The Bertz CT molecular complexity index is 461. The van der Waals surface area contributed by atoms with Gasteiger partial charge in [0.1, 0.15) is 0 Å². The molecule has 0 fully saturated rings. The first-order valence-corrected chi connectivity index (χ1v) is 11.0. The third-order valence-corrected chi connectivity index (χ3v) is 7.98. The van der Waals surface area contributed by atoms with Gasteiger partial charge in [-0.15, -0.1) is 0 Å². The van der Waals surface area contributed by atoms with Gasteiger partial charge in [-0.25, -0.2) is 0 Å². The molecule has 0 N–H and O–H groups in total. The van der Waals surface area contributed by atoms with Crippen molar-refractivity contribution in [3.8, 4) is 0 Å². The van der Waals surface area contributed by atoms with Gasteiger partial charge in [0.25, 0.3) is 8.32 Å². The second-order valence-electron chi connectivity index (χ2n) is 5.01. The minimum atomic E-state index is -2.05. The lowest BCUT2D eigenvalue weighted by atomic mass is 10.4. The molecule has 0 heterocycles. The molecule has 0 aromatic heterocycles. The van der Waals surface area contributed by atoms with Gasteiger partial charge in [-0.2, -0.15) is 0 Å². The van der Waals surface area contributed by atoms with Crippen molar-refractivity contribution in [1.82, 2.24) is 0 Å². The highest BCUT2D eigenvalue weighted by atomic mass is 127. The van der Waals surface area contributed by atoms with E-state index in [1.54, 1.807) is 0 Å². The molecule has 0 radical (unpaired) electrons. The molecule has 0 bridgehead atoms. The van der Waals surface area contributed by atoms with Gasteiger partial charge >= 0.3 is 0 Å². The quantitative estimate of drug-likeness (QED) is 0.301. The Morgan fingerprint density at radius 3 is 1.80 bits per heavy atom. The molecule has 20 heavy (non-hydrogen) atoms. The number of hydrogen-bond donors (Lipinski definition) is 0. The van der Waals surface area contributed by atoms with E-state index in [1.807, 2.05) is 0 Å². The standard InChI is InChI=1S/C17H21IOSi/c1-20(19-15-9-8-14-18,16-10-4-2-5-11-16)17-12-6-3-7-13-17/h2-7,10-13H,8-9,14-15H2,1H3. The summed E-state index contributed by atoms with van der Waals surface area (Å²) in [7, 11) is -2.05. The van der Waals surface area contributed by atoms with Gasteiger partial charge < -0.3 is 4.43 Å². The zero-order chi connectivity index (χ0) is 14.3. The molecule has 2 aromatic rings. The van der Waals surface area contributed by atoms with E-state index >= 15 is 0 Å². The van der Waals surface area contributed by atoms with Crippen LogP contribution in [-0.2, 0) is 4.43 Å². The van der Waals surface area contributed by atoms with E-state index < -0.39 is 8.32 Å². The molecule has 0 aliphatic heterocycles. The zero-order valence-electron chi connectivity index (χ0n) is 11.9. The van der Waals surface area contributed by atoms with E-state index in [9.17, 15) is 0 Å². The minimum absolute atomic E-state index is 0.857. The number of benzene rings is 2. The predicted octanol–water partition coefficient (Wildman–Crippen LogP) is 3.61. The zero-order valence-corrected chi connectivity index (χ0v) is 15.0. The number of halogens is 1. The second kappa shape index (κ2) is 7.95. The summed E-state index contributed by atoms with van der Waals surface area (Å²) in [6.07, 6.45) is 2.37. The Morgan fingerprint density at radius 2 is 1.35 bits per heavy atom. The Morgan fingerprint density at radius 1 is 0.850 bits per heavy atom. The second-order valence-corrected chi connectivity index (χ2v) is 9.60. The van der Waals surface area contributed by atoms with Crippen molar-refractivity contribution in [2.75, 3.05) is 11.0 Å². The van der Waals surface area contributed by atoms with Crippen molar-refractivity contribution < 1.29 is 4.43 Å². The van der Waals surface area contributed by atoms with E-state index in [1.165, 1.54) is 21.2 Å². The average molecular weight is 396 g/mol. The Balaban J connectivity index is 2.24. The molecule has 106 valence electrons. The number of hydrogen-bond acceptors (Lipinski definition) is 1. The first-order valence-electron chi connectivity index (χ1n) is 7.08. The number of unbranched alkanes of at least 4 members (excludes halogenated alkanes) is 1. The van der Waals surface area contributed by atoms with Gasteiger partial charge in [0, 0.05) is 6.61 Å². The highest BCUT2D eigenvalue weighted by Crippen LogP contribution is 2.09. The summed E-state index contributed by atoms with van der Waals surface area (Å²) in [5, 5.41) is 2.70. The van der Waals surface area contributed by atoms with E-state index in [0.717, 1.165) is 13.0 Å².